The lowest BCUT2D eigenvalue weighted by Gasteiger charge is -2.10. The fourth-order valence-corrected chi connectivity index (χ4v) is 1.39. The quantitative estimate of drug-likeness (QED) is 0.670. The minimum atomic E-state index is -1.13. The van der Waals surface area contributed by atoms with E-state index in [9.17, 15) is 14.4 Å². The molecule has 17 heavy (non-hydrogen) atoms. The predicted octanol–water partition coefficient (Wildman–Crippen LogP) is 0.448. The highest BCUT2D eigenvalue weighted by Crippen LogP contribution is 2.16. The van der Waals surface area contributed by atoms with Gasteiger partial charge in [0.15, 0.2) is 11.2 Å². The Hall–Kier alpha value is -2.37. The first-order valence-electron chi connectivity index (χ1n) is 4.79. The fraction of sp³-hybridized carbons (Fsp3) is 0.182. The van der Waals surface area contributed by atoms with Crippen LogP contribution in [0.2, 0.25) is 0 Å². The monoisotopic (exact) mass is 235 g/mol. The first-order valence-corrected chi connectivity index (χ1v) is 4.79. The molecule has 0 saturated heterocycles. The number of nitrogens with zero attached hydrogens (tertiary/aromatic N) is 1. The molecule has 1 aromatic carbocycles. The fourth-order valence-electron chi connectivity index (χ4n) is 1.39. The number of para-hydroxylation sites is 1. The Morgan fingerprint density at radius 2 is 1.76 bits per heavy atom. The number of fused-ring (bicyclic) bond motifs is 1. The molecule has 6 nitrogen and oxygen atoms in total. The number of rotatable bonds is 1. The molecule has 0 unspecified atom stereocenters. The second kappa shape index (κ2) is 3.89. The van der Waals surface area contributed by atoms with Crippen LogP contribution in [-0.4, -0.2) is 24.9 Å². The van der Waals surface area contributed by atoms with Gasteiger partial charge in [0.25, 0.3) is 5.91 Å². The molecule has 1 aromatic heterocycles. The van der Waals surface area contributed by atoms with E-state index in [0.717, 1.165) is 0 Å². The molecule has 1 heterocycles. The molecule has 0 N–H and O–H groups in total. The number of benzene rings is 1. The molecule has 88 valence electrons. The minimum Gasteiger partial charge on any atom is -0.414 e. The summed E-state index contributed by atoms with van der Waals surface area (Å²) >= 11 is 0. The van der Waals surface area contributed by atoms with Crippen LogP contribution in [0.5, 0.6) is 0 Å². The van der Waals surface area contributed by atoms with E-state index in [1.807, 2.05) is 0 Å². The van der Waals surface area contributed by atoms with E-state index in [-0.39, 0.29) is 22.6 Å². The second-order valence-electron chi connectivity index (χ2n) is 3.61. The average Bonchev–Trinajstić information content (AvgIpc) is 2.29. The highest BCUT2D eigenvalue weighted by atomic mass is 16.5. The van der Waals surface area contributed by atoms with Crippen LogP contribution in [0.15, 0.2) is 36.6 Å². The van der Waals surface area contributed by atoms with Crippen molar-refractivity contribution in [1.82, 2.24) is 4.90 Å². The van der Waals surface area contributed by atoms with Gasteiger partial charge in [-0.15, -0.1) is 0 Å². The molecule has 0 aliphatic rings. The van der Waals surface area contributed by atoms with E-state index in [0.29, 0.717) is 0 Å². The van der Waals surface area contributed by atoms with Crippen molar-refractivity contribution in [1.29, 1.82) is 0 Å². The number of carbonyl (C=O) groups excluding carboxylic acids is 1. The molecule has 1 amide bonds. The number of amides is 1. The van der Waals surface area contributed by atoms with Gasteiger partial charge in [-0.3, -0.25) is 4.79 Å². The van der Waals surface area contributed by atoms with Crippen molar-refractivity contribution < 1.29 is 13.6 Å². The summed E-state index contributed by atoms with van der Waals surface area (Å²) in [7, 11) is 3.14. The van der Waals surface area contributed by atoms with Crippen LogP contribution in [0.3, 0.4) is 0 Å². The molecule has 0 aliphatic heterocycles. The van der Waals surface area contributed by atoms with E-state index in [4.69, 9.17) is 8.83 Å². The van der Waals surface area contributed by atoms with Crippen molar-refractivity contribution in [2.75, 3.05) is 14.1 Å². The van der Waals surface area contributed by atoms with Crippen LogP contribution in [0.25, 0.3) is 11.2 Å². The van der Waals surface area contributed by atoms with Gasteiger partial charge in [-0.2, -0.15) is 0 Å². The van der Waals surface area contributed by atoms with Crippen LogP contribution >= 0.6 is 0 Å². The van der Waals surface area contributed by atoms with Gasteiger partial charge in [-0.25, -0.2) is 9.59 Å². The minimum absolute atomic E-state index is 0.0178. The average molecular weight is 235 g/mol. The number of carbonyl (C=O) groups is 1. The van der Waals surface area contributed by atoms with E-state index >= 15 is 0 Å². The third-order valence-corrected chi connectivity index (χ3v) is 2.18. The first-order chi connectivity index (χ1) is 8.00. The zero-order valence-corrected chi connectivity index (χ0v) is 9.22. The Bertz CT molecular complexity index is 695. The van der Waals surface area contributed by atoms with Crippen LogP contribution in [0.4, 0.5) is 0 Å². The van der Waals surface area contributed by atoms with Gasteiger partial charge in [0.05, 0.1) is 5.56 Å². The van der Waals surface area contributed by atoms with Gasteiger partial charge in [0, 0.05) is 14.1 Å². The summed E-state index contributed by atoms with van der Waals surface area (Å²) in [5.41, 5.74) is -1.99. The first kappa shape index (κ1) is 11.1. The summed E-state index contributed by atoms with van der Waals surface area (Å²) < 4.78 is 9.52. The van der Waals surface area contributed by atoms with Gasteiger partial charge >= 0.3 is 11.3 Å². The smallest absolute Gasteiger partial charge is 0.414 e. The largest absolute Gasteiger partial charge is 0.423 e. The van der Waals surface area contributed by atoms with Gasteiger partial charge in [0.1, 0.15) is 0 Å². The predicted molar refractivity (Wildman–Crippen MR) is 59.0 cm³/mol. The summed E-state index contributed by atoms with van der Waals surface area (Å²) in [4.78, 5) is 35.2. The SMILES string of the molecule is CN(C)C(=O)c1cccc2oc(=O)c(=O)oc12. The molecule has 0 aliphatic carbocycles. The van der Waals surface area contributed by atoms with Crippen molar-refractivity contribution in [3.8, 4) is 0 Å². The highest BCUT2D eigenvalue weighted by Gasteiger charge is 2.16. The van der Waals surface area contributed by atoms with Gasteiger partial charge in [0.2, 0.25) is 0 Å². The maximum Gasteiger partial charge on any atom is 0.423 e. The molecule has 6 heteroatoms. The Kier molecular flexibility index (Phi) is 2.55. The molecule has 0 saturated carbocycles. The van der Waals surface area contributed by atoms with Crippen LogP contribution < -0.4 is 11.3 Å². The van der Waals surface area contributed by atoms with Crippen LogP contribution in [0.1, 0.15) is 10.4 Å². The molecular weight excluding hydrogens is 226 g/mol. The van der Waals surface area contributed by atoms with Crippen molar-refractivity contribution >= 4 is 17.1 Å². The molecule has 2 aromatic rings. The second-order valence-corrected chi connectivity index (χ2v) is 3.61. The van der Waals surface area contributed by atoms with Crippen LogP contribution in [-0.2, 0) is 0 Å². The summed E-state index contributed by atoms with van der Waals surface area (Å²) in [6, 6.07) is 4.49. The third kappa shape index (κ3) is 1.84. The topological polar surface area (TPSA) is 80.7 Å². The highest BCUT2D eigenvalue weighted by molar-refractivity contribution is 6.03. The zero-order valence-electron chi connectivity index (χ0n) is 9.22. The maximum atomic E-state index is 11.8. The Labute approximate surface area is 95.1 Å². The number of hydrogen-bond donors (Lipinski definition) is 0. The Balaban J connectivity index is 2.82. The van der Waals surface area contributed by atoms with Crippen molar-refractivity contribution in [3.05, 3.63) is 44.6 Å². The Morgan fingerprint density at radius 1 is 1.12 bits per heavy atom. The number of hydrogen-bond acceptors (Lipinski definition) is 5. The van der Waals surface area contributed by atoms with E-state index in [1.54, 1.807) is 20.2 Å². The van der Waals surface area contributed by atoms with Crippen molar-refractivity contribution in [2.45, 2.75) is 0 Å². The summed E-state index contributed by atoms with van der Waals surface area (Å²) in [5.74, 6) is -0.340. The maximum absolute atomic E-state index is 11.8. The summed E-state index contributed by atoms with van der Waals surface area (Å²) in [6.45, 7) is 0. The molecule has 0 bridgehead atoms. The molecule has 0 atom stereocenters. The van der Waals surface area contributed by atoms with E-state index in [1.165, 1.54) is 17.0 Å². The zero-order chi connectivity index (χ0) is 12.6. The standard InChI is InChI=1S/C11H9NO5/c1-12(2)9(13)6-4-3-5-7-8(6)17-11(15)10(14)16-7/h3-5H,1-2H3. The van der Waals surface area contributed by atoms with E-state index in [2.05, 4.69) is 0 Å². The molecule has 0 spiro atoms. The van der Waals surface area contributed by atoms with Crippen molar-refractivity contribution in [3.63, 3.8) is 0 Å². The Morgan fingerprint density at radius 3 is 2.41 bits per heavy atom. The normalized spacial score (nSPS) is 10.5. The van der Waals surface area contributed by atoms with Crippen LogP contribution in [0, 0.1) is 0 Å². The molecular formula is C11H9NO5. The summed E-state index contributed by atoms with van der Waals surface area (Å²) in [6.07, 6.45) is 0. The lowest BCUT2D eigenvalue weighted by Crippen LogP contribution is -2.24. The molecule has 0 fully saturated rings. The lowest BCUT2D eigenvalue weighted by molar-refractivity contribution is 0.0828. The van der Waals surface area contributed by atoms with Gasteiger partial charge in [-0.1, -0.05) is 6.07 Å². The third-order valence-electron chi connectivity index (χ3n) is 2.18. The molecule has 0 radical (unpaired) electrons. The van der Waals surface area contributed by atoms with Gasteiger partial charge < -0.3 is 13.7 Å². The van der Waals surface area contributed by atoms with Crippen molar-refractivity contribution in [2.24, 2.45) is 0 Å². The van der Waals surface area contributed by atoms with Gasteiger partial charge in [-0.05, 0) is 12.1 Å². The van der Waals surface area contributed by atoms with E-state index < -0.39 is 11.3 Å². The summed E-state index contributed by atoms with van der Waals surface area (Å²) in [5, 5.41) is 0. The molecule has 2 rings (SSSR count). The lowest BCUT2D eigenvalue weighted by atomic mass is 10.2.